The maximum Gasteiger partial charge on any atom is 0.00707 e. The lowest BCUT2D eigenvalue weighted by Gasteiger charge is -2.10. The van der Waals surface area contributed by atoms with Gasteiger partial charge in [0, 0.05) is 6.04 Å². The molecule has 1 heterocycles. The predicted molar refractivity (Wildman–Crippen MR) is 100 cm³/mol. The molecule has 1 aliphatic heterocycles. The molecule has 0 amide bonds. The number of rotatable bonds is 10. The number of nitrogens with one attached hydrogen (secondary N) is 1. The number of aryl methyl sites for hydroxylation is 2. The Bertz CT molecular complexity index is 368. The van der Waals surface area contributed by atoms with Crippen LogP contribution >= 0.6 is 12.4 Å². The number of benzene rings is 1. The van der Waals surface area contributed by atoms with Crippen molar-refractivity contribution in [1.82, 2.24) is 5.32 Å². The van der Waals surface area contributed by atoms with Crippen molar-refractivity contribution < 1.29 is 0 Å². The zero-order chi connectivity index (χ0) is 14.8. The van der Waals surface area contributed by atoms with Gasteiger partial charge in [-0.2, -0.15) is 0 Å². The molecule has 0 aliphatic carbocycles. The molecule has 1 unspecified atom stereocenters. The summed E-state index contributed by atoms with van der Waals surface area (Å²) in [5, 5.41) is 3.59. The van der Waals surface area contributed by atoms with Crippen molar-refractivity contribution in [2.75, 3.05) is 6.54 Å². The predicted octanol–water partition coefficient (Wildman–Crippen LogP) is 5.70. The van der Waals surface area contributed by atoms with Crippen LogP contribution in [0.4, 0.5) is 0 Å². The van der Waals surface area contributed by atoms with Gasteiger partial charge in [-0.1, -0.05) is 63.3 Å². The zero-order valence-corrected chi connectivity index (χ0v) is 15.1. The molecular formula is C20H34ClN. The summed E-state index contributed by atoms with van der Waals surface area (Å²) in [4.78, 5) is 0. The van der Waals surface area contributed by atoms with E-state index in [0.29, 0.717) is 0 Å². The molecule has 0 saturated carbocycles. The highest BCUT2D eigenvalue weighted by molar-refractivity contribution is 5.85. The number of unbranched alkanes of at least 4 members (excludes halogenated alkanes) is 5. The van der Waals surface area contributed by atoms with E-state index in [0.717, 1.165) is 6.04 Å². The smallest absolute Gasteiger partial charge is 0.00707 e. The first-order valence-electron chi connectivity index (χ1n) is 9.19. The summed E-state index contributed by atoms with van der Waals surface area (Å²) in [6.45, 7) is 3.51. The standard InChI is InChI=1S/C20H33N.ClH/c1-2-3-4-5-6-7-9-18-11-13-19(14-12-18)15-16-20-10-8-17-21-20;/h11-14,20-21H,2-10,15-17H2,1H3;1H. The molecule has 22 heavy (non-hydrogen) atoms. The van der Waals surface area contributed by atoms with Crippen molar-refractivity contribution in [3.63, 3.8) is 0 Å². The van der Waals surface area contributed by atoms with Crippen LogP contribution < -0.4 is 5.32 Å². The minimum atomic E-state index is 0. The molecular weight excluding hydrogens is 290 g/mol. The molecule has 0 spiro atoms. The summed E-state index contributed by atoms with van der Waals surface area (Å²) in [6.07, 6.45) is 14.9. The third kappa shape index (κ3) is 7.65. The lowest BCUT2D eigenvalue weighted by Crippen LogP contribution is -2.21. The first-order valence-corrected chi connectivity index (χ1v) is 9.19. The second-order valence-corrected chi connectivity index (χ2v) is 6.67. The SMILES string of the molecule is CCCCCCCCc1ccc(CCC2CCCN2)cc1.Cl. The Kier molecular flexibility index (Phi) is 10.6. The molecule has 1 fully saturated rings. The van der Waals surface area contributed by atoms with Gasteiger partial charge in [-0.25, -0.2) is 0 Å². The molecule has 1 nitrogen and oxygen atoms in total. The highest BCUT2D eigenvalue weighted by Crippen LogP contribution is 2.15. The van der Waals surface area contributed by atoms with E-state index in [1.54, 1.807) is 0 Å². The highest BCUT2D eigenvalue weighted by Gasteiger charge is 2.13. The minimum absolute atomic E-state index is 0. The number of hydrogen-bond acceptors (Lipinski definition) is 1. The van der Waals surface area contributed by atoms with E-state index in [9.17, 15) is 0 Å². The largest absolute Gasteiger partial charge is 0.314 e. The van der Waals surface area contributed by atoms with Crippen molar-refractivity contribution in [2.45, 2.75) is 83.6 Å². The van der Waals surface area contributed by atoms with Gasteiger partial charge in [-0.3, -0.25) is 0 Å². The fourth-order valence-electron chi connectivity index (χ4n) is 3.33. The Hall–Kier alpha value is -0.530. The second-order valence-electron chi connectivity index (χ2n) is 6.67. The van der Waals surface area contributed by atoms with Crippen LogP contribution in [-0.2, 0) is 12.8 Å². The van der Waals surface area contributed by atoms with E-state index < -0.39 is 0 Å². The molecule has 1 saturated heterocycles. The topological polar surface area (TPSA) is 12.0 Å². The molecule has 0 bridgehead atoms. The molecule has 1 aromatic rings. The second kappa shape index (κ2) is 12.0. The van der Waals surface area contributed by atoms with Crippen molar-refractivity contribution in [3.8, 4) is 0 Å². The lowest BCUT2D eigenvalue weighted by atomic mass is 10.0. The highest BCUT2D eigenvalue weighted by atomic mass is 35.5. The van der Waals surface area contributed by atoms with Crippen molar-refractivity contribution in [2.24, 2.45) is 0 Å². The molecule has 2 heteroatoms. The van der Waals surface area contributed by atoms with Crippen LogP contribution in [0.3, 0.4) is 0 Å². The van der Waals surface area contributed by atoms with Gasteiger partial charge in [0.15, 0.2) is 0 Å². The van der Waals surface area contributed by atoms with Gasteiger partial charge >= 0.3 is 0 Å². The number of halogens is 1. The van der Waals surface area contributed by atoms with Gasteiger partial charge in [0.05, 0.1) is 0 Å². The van der Waals surface area contributed by atoms with Crippen LogP contribution in [0.1, 0.15) is 75.8 Å². The van der Waals surface area contributed by atoms with Crippen molar-refractivity contribution in [3.05, 3.63) is 35.4 Å². The van der Waals surface area contributed by atoms with E-state index in [-0.39, 0.29) is 12.4 Å². The molecule has 126 valence electrons. The average molecular weight is 324 g/mol. The Morgan fingerprint density at radius 2 is 1.55 bits per heavy atom. The maximum atomic E-state index is 3.59. The summed E-state index contributed by atoms with van der Waals surface area (Å²) >= 11 is 0. The Morgan fingerprint density at radius 3 is 2.18 bits per heavy atom. The summed E-state index contributed by atoms with van der Waals surface area (Å²) in [6, 6.07) is 10.2. The third-order valence-electron chi connectivity index (χ3n) is 4.79. The van der Waals surface area contributed by atoms with Crippen LogP contribution in [0.5, 0.6) is 0 Å². The van der Waals surface area contributed by atoms with Gasteiger partial charge in [-0.05, 0) is 56.2 Å². The zero-order valence-electron chi connectivity index (χ0n) is 14.3. The van der Waals surface area contributed by atoms with E-state index in [2.05, 4.69) is 36.5 Å². The Balaban J connectivity index is 0.00000242. The van der Waals surface area contributed by atoms with E-state index in [4.69, 9.17) is 0 Å². The molecule has 1 aromatic carbocycles. The Labute approximate surface area is 143 Å². The third-order valence-corrected chi connectivity index (χ3v) is 4.79. The van der Waals surface area contributed by atoms with Crippen LogP contribution in [0.15, 0.2) is 24.3 Å². The molecule has 0 aromatic heterocycles. The van der Waals surface area contributed by atoms with Gasteiger partial charge < -0.3 is 5.32 Å². The van der Waals surface area contributed by atoms with Gasteiger partial charge in [0.2, 0.25) is 0 Å². The normalized spacial score (nSPS) is 17.4. The van der Waals surface area contributed by atoms with Gasteiger partial charge in [0.25, 0.3) is 0 Å². The van der Waals surface area contributed by atoms with Crippen molar-refractivity contribution >= 4 is 12.4 Å². The summed E-state index contributed by atoms with van der Waals surface area (Å²) in [5.74, 6) is 0. The first kappa shape index (κ1) is 19.5. The van der Waals surface area contributed by atoms with E-state index >= 15 is 0 Å². The summed E-state index contributed by atoms with van der Waals surface area (Å²) in [5.41, 5.74) is 3.03. The van der Waals surface area contributed by atoms with Crippen LogP contribution in [0.2, 0.25) is 0 Å². The fourth-order valence-corrected chi connectivity index (χ4v) is 3.33. The molecule has 1 N–H and O–H groups in total. The van der Waals surface area contributed by atoms with E-state index in [1.165, 1.54) is 88.3 Å². The average Bonchev–Trinajstić information content (AvgIpc) is 3.03. The molecule has 0 radical (unpaired) electrons. The van der Waals surface area contributed by atoms with Gasteiger partial charge in [-0.15, -0.1) is 12.4 Å². The van der Waals surface area contributed by atoms with Crippen molar-refractivity contribution in [1.29, 1.82) is 0 Å². The Morgan fingerprint density at radius 1 is 0.909 bits per heavy atom. The fraction of sp³-hybridized carbons (Fsp3) is 0.700. The quantitative estimate of drug-likeness (QED) is 0.545. The summed E-state index contributed by atoms with van der Waals surface area (Å²) < 4.78 is 0. The van der Waals surface area contributed by atoms with Crippen LogP contribution in [-0.4, -0.2) is 12.6 Å². The van der Waals surface area contributed by atoms with Crippen LogP contribution in [0, 0.1) is 0 Å². The molecule has 1 atom stereocenters. The minimum Gasteiger partial charge on any atom is -0.314 e. The monoisotopic (exact) mass is 323 g/mol. The maximum absolute atomic E-state index is 3.59. The van der Waals surface area contributed by atoms with Gasteiger partial charge in [0.1, 0.15) is 0 Å². The first-order chi connectivity index (χ1) is 10.4. The molecule has 1 aliphatic rings. The summed E-state index contributed by atoms with van der Waals surface area (Å²) in [7, 11) is 0. The lowest BCUT2D eigenvalue weighted by molar-refractivity contribution is 0.559. The number of hydrogen-bond donors (Lipinski definition) is 1. The van der Waals surface area contributed by atoms with E-state index in [1.807, 2.05) is 0 Å². The van der Waals surface area contributed by atoms with Crippen LogP contribution in [0.25, 0.3) is 0 Å². The molecule has 2 rings (SSSR count).